The standard InChI is InChI=1S/C14H18N2S/c1-15-13(7-9-17-2)12-5-6-14-11(10-12)4-3-8-16-14/h3-6,8,10,13,15H,7,9H2,1-2H3. The van der Waals surface area contributed by atoms with E-state index in [1.165, 1.54) is 16.7 Å². The second kappa shape index (κ2) is 6.03. The summed E-state index contributed by atoms with van der Waals surface area (Å²) in [5.41, 5.74) is 2.41. The average Bonchev–Trinajstić information content (AvgIpc) is 2.39. The van der Waals surface area contributed by atoms with Gasteiger partial charge in [0.2, 0.25) is 0 Å². The van der Waals surface area contributed by atoms with E-state index in [2.05, 4.69) is 40.8 Å². The minimum atomic E-state index is 0.437. The number of hydrogen-bond acceptors (Lipinski definition) is 3. The third-order valence-electron chi connectivity index (χ3n) is 2.99. The van der Waals surface area contributed by atoms with E-state index in [1.54, 1.807) is 0 Å². The van der Waals surface area contributed by atoms with Crippen LogP contribution in [0.1, 0.15) is 18.0 Å². The van der Waals surface area contributed by atoms with Crippen LogP contribution in [-0.4, -0.2) is 24.0 Å². The Morgan fingerprint density at radius 2 is 2.24 bits per heavy atom. The van der Waals surface area contributed by atoms with Crippen molar-refractivity contribution in [1.82, 2.24) is 10.3 Å². The Morgan fingerprint density at radius 3 is 3.00 bits per heavy atom. The first-order chi connectivity index (χ1) is 8.35. The van der Waals surface area contributed by atoms with Crippen LogP contribution in [0.5, 0.6) is 0 Å². The average molecular weight is 246 g/mol. The predicted octanol–water partition coefficient (Wildman–Crippen LogP) is 3.25. The van der Waals surface area contributed by atoms with Gasteiger partial charge in [0.1, 0.15) is 0 Å². The molecule has 0 bridgehead atoms. The summed E-state index contributed by atoms with van der Waals surface area (Å²) in [5.74, 6) is 1.18. The molecule has 17 heavy (non-hydrogen) atoms. The lowest BCUT2D eigenvalue weighted by molar-refractivity contribution is 0.582. The first kappa shape index (κ1) is 12.4. The van der Waals surface area contributed by atoms with E-state index in [0.29, 0.717) is 6.04 Å². The number of aromatic nitrogens is 1. The summed E-state index contributed by atoms with van der Waals surface area (Å²) in [6.45, 7) is 0. The van der Waals surface area contributed by atoms with Gasteiger partial charge in [0.25, 0.3) is 0 Å². The van der Waals surface area contributed by atoms with E-state index in [0.717, 1.165) is 11.9 Å². The Labute approximate surface area is 107 Å². The van der Waals surface area contributed by atoms with Crippen LogP contribution in [-0.2, 0) is 0 Å². The summed E-state index contributed by atoms with van der Waals surface area (Å²) in [4.78, 5) is 4.35. The van der Waals surface area contributed by atoms with Crippen molar-refractivity contribution in [2.75, 3.05) is 19.1 Å². The van der Waals surface area contributed by atoms with E-state index in [1.807, 2.05) is 31.1 Å². The molecule has 0 aliphatic heterocycles. The van der Waals surface area contributed by atoms with Gasteiger partial charge in [-0.15, -0.1) is 0 Å². The van der Waals surface area contributed by atoms with E-state index in [4.69, 9.17) is 0 Å². The SMILES string of the molecule is CNC(CCSC)c1ccc2ncccc2c1. The molecule has 3 heteroatoms. The van der Waals surface area contributed by atoms with Crippen molar-refractivity contribution in [3.05, 3.63) is 42.1 Å². The lowest BCUT2D eigenvalue weighted by Gasteiger charge is -2.16. The van der Waals surface area contributed by atoms with Gasteiger partial charge in [-0.1, -0.05) is 12.1 Å². The first-order valence-corrected chi connectivity index (χ1v) is 7.25. The Balaban J connectivity index is 2.27. The summed E-state index contributed by atoms with van der Waals surface area (Å²) in [5, 5.41) is 4.60. The van der Waals surface area contributed by atoms with Gasteiger partial charge >= 0.3 is 0 Å². The third kappa shape index (κ3) is 2.99. The van der Waals surface area contributed by atoms with Crippen LogP contribution in [0.2, 0.25) is 0 Å². The van der Waals surface area contributed by atoms with Crippen LogP contribution < -0.4 is 5.32 Å². The largest absolute Gasteiger partial charge is 0.313 e. The highest BCUT2D eigenvalue weighted by molar-refractivity contribution is 7.98. The molecule has 0 saturated carbocycles. The Kier molecular flexibility index (Phi) is 4.40. The molecule has 0 radical (unpaired) electrons. The summed E-state index contributed by atoms with van der Waals surface area (Å²) in [7, 11) is 2.03. The van der Waals surface area contributed by atoms with Crippen molar-refractivity contribution in [2.24, 2.45) is 0 Å². The minimum Gasteiger partial charge on any atom is -0.313 e. The lowest BCUT2D eigenvalue weighted by Crippen LogP contribution is -2.17. The van der Waals surface area contributed by atoms with Crippen LogP contribution in [0.15, 0.2) is 36.5 Å². The fourth-order valence-corrected chi connectivity index (χ4v) is 2.50. The molecule has 2 nitrogen and oxygen atoms in total. The molecule has 2 rings (SSSR count). The molecule has 1 atom stereocenters. The molecular weight excluding hydrogens is 228 g/mol. The zero-order valence-corrected chi connectivity index (χ0v) is 11.1. The molecule has 90 valence electrons. The fraction of sp³-hybridized carbons (Fsp3) is 0.357. The molecule has 0 saturated heterocycles. The van der Waals surface area contributed by atoms with Gasteiger partial charge in [-0.25, -0.2) is 0 Å². The van der Waals surface area contributed by atoms with E-state index < -0.39 is 0 Å². The number of pyridine rings is 1. The predicted molar refractivity (Wildman–Crippen MR) is 76.5 cm³/mol. The number of benzene rings is 1. The molecule has 1 aromatic carbocycles. The van der Waals surface area contributed by atoms with Gasteiger partial charge in [0.05, 0.1) is 5.52 Å². The molecule has 2 aromatic rings. The van der Waals surface area contributed by atoms with Crippen LogP contribution in [0.25, 0.3) is 10.9 Å². The highest BCUT2D eigenvalue weighted by atomic mass is 32.2. The van der Waals surface area contributed by atoms with Crippen molar-refractivity contribution in [3.8, 4) is 0 Å². The normalized spacial score (nSPS) is 12.8. The summed E-state index contributed by atoms with van der Waals surface area (Å²) in [6.07, 6.45) is 5.14. The van der Waals surface area contributed by atoms with Gasteiger partial charge < -0.3 is 5.32 Å². The van der Waals surface area contributed by atoms with Crippen LogP contribution in [0, 0.1) is 0 Å². The van der Waals surface area contributed by atoms with Crippen LogP contribution in [0.3, 0.4) is 0 Å². The van der Waals surface area contributed by atoms with Gasteiger partial charge in [-0.3, -0.25) is 4.98 Å². The highest BCUT2D eigenvalue weighted by Crippen LogP contribution is 2.22. The highest BCUT2D eigenvalue weighted by Gasteiger charge is 2.09. The second-order valence-electron chi connectivity index (χ2n) is 4.08. The molecule has 1 aromatic heterocycles. The topological polar surface area (TPSA) is 24.9 Å². The van der Waals surface area contributed by atoms with E-state index >= 15 is 0 Å². The van der Waals surface area contributed by atoms with Crippen molar-refractivity contribution < 1.29 is 0 Å². The minimum absolute atomic E-state index is 0.437. The molecule has 0 aliphatic carbocycles. The smallest absolute Gasteiger partial charge is 0.0702 e. The summed E-state index contributed by atoms with van der Waals surface area (Å²) < 4.78 is 0. The monoisotopic (exact) mass is 246 g/mol. The fourth-order valence-electron chi connectivity index (χ4n) is 2.02. The van der Waals surface area contributed by atoms with Crippen LogP contribution >= 0.6 is 11.8 Å². The van der Waals surface area contributed by atoms with Crippen molar-refractivity contribution in [2.45, 2.75) is 12.5 Å². The number of thioether (sulfide) groups is 1. The number of nitrogens with zero attached hydrogens (tertiary/aromatic N) is 1. The maximum Gasteiger partial charge on any atom is 0.0702 e. The summed E-state index contributed by atoms with van der Waals surface area (Å²) in [6, 6.07) is 11.1. The zero-order chi connectivity index (χ0) is 12.1. The Bertz CT molecular complexity index is 484. The van der Waals surface area contributed by atoms with Crippen LogP contribution in [0.4, 0.5) is 0 Å². The van der Waals surface area contributed by atoms with Gasteiger partial charge in [0, 0.05) is 17.6 Å². The van der Waals surface area contributed by atoms with Gasteiger partial charge in [-0.2, -0.15) is 11.8 Å². The Hall–Kier alpha value is -1.06. The molecule has 0 spiro atoms. The maximum atomic E-state index is 4.35. The number of nitrogens with one attached hydrogen (secondary N) is 1. The Morgan fingerprint density at radius 1 is 1.35 bits per heavy atom. The number of fused-ring (bicyclic) bond motifs is 1. The quantitative estimate of drug-likeness (QED) is 0.876. The molecule has 1 N–H and O–H groups in total. The maximum absolute atomic E-state index is 4.35. The van der Waals surface area contributed by atoms with Crippen molar-refractivity contribution in [3.63, 3.8) is 0 Å². The third-order valence-corrected chi connectivity index (χ3v) is 3.63. The molecule has 1 unspecified atom stereocenters. The first-order valence-electron chi connectivity index (χ1n) is 5.86. The van der Waals surface area contributed by atoms with Crippen molar-refractivity contribution in [1.29, 1.82) is 0 Å². The lowest BCUT2D eigenvalue weighted by atomic mass is 10.0. The molecule has 0 aliphatic rings. The van der Waals surface area contributed by atoms with Crippen molar-refractivity contribution >= 4 is 22.7 Å². The van der Waals surface area contributed by atoms with E-state index in [9.17, 15) is 0 Å². The molecule has 1 heterocycles. The van der Waals surface area contributed by atoms with E-state index in [-0.39, 0.29) is 0 Å². The molecular formula is C14H18N2S. The molecule has 0 fully saturated rings. The molecule has 0 amide bonds. The number of rotatable bonds is 5. The summed E-state index contributed by atoms with van der Waals surface area (Å²) >= 11 is 1.89. The van der Waals surface area contributed by atoms with Gasteiger partial charge in [0.15, 0.2) is 0 Å². The second-order valence-corrected chi connectivity index (χ2v) is 5.06. The number of hydrogen-bond donors (Lipinski definition) is 1. The zero-order valence-electron chi connectivity index (χ0n) is 10.3. The van der Waals surface area contributed by atoms with Gasteiger partial charge in [-0.05, 0) is 49.2 Å².